The molecule has 4 aromatic heterocycles. The molecule has 0 saturated carbocycles. The van der Waals surface area contributed by atoms with Crippen LogP contribution >= 0.6 is 11.3 Å². The van der Waals surface area contributed by atoms with Crippen LogP contribution in [0, 0.1) is 18.3 Å². The summed E-state index contributed by atoms with van der Waals surface area (Å²) in [4.78, 5) is 21.8. The molecule has 156 valence electrons. The zero-order valence-corrected chi connectivity index (χ0v) is 18.2. The minimum absolute atomic E-state index is 0.511. The molecule has 4 aromatic rings. The van der Waals surface area contributed by atoms with Crippen LogP contribution in [0.15, 0.2) is 24.7 Å². The molecule has 2 aliphatic rings. The van der Waals surface area contributed by atoms with E-state index in [1.165, 1.54) is 25.7 Å². The van der Waals surface area contributed by atoms with Crippen molar-refractivity contribution in [2.75, 3.05) is 11.9 Å². The molecule has 3 atom stereocenters. The Bertz CT molecular complexity index is 1340. The monoisotopic (exact) mass is 430 g/mol. The standard InChI is InChI=1S/C22H22N8S/c1-12-10-30-11-14(5-13(8-23)20(30)25-12)19-24-9-18-21(28-19)31-22(27-18)29(2)17-6-15-3-4-16(7-17)26-15/h5,9-11,15-17,26H,3-4,6-7H2,1-2H3/t15-,16+,17-. The first-order valence-corrected chi connectivity index (χ1v) is 11.4. The molecule has 2 aliphatic heterocycles. The van der Waals surface area contributed by atoms with Gasteiger partial charge in [-0.05, 0) is 38.7 Å². The fourth-order valence-electron chi connectivity index (χ4n) is 4.94. The van der Waals surface area contributed by atoms with Crippen LogP contribution in [-0.4, -0.2) is 49.5 Å². The van der Waals surface area contributed by atoms with Crippen LogP contribution in [-0.2, 0) is 0 Å². The van der Waals surface area contributed by atoms with E-state index in [4.69, 9.17) is 9.97 Å². The van der Waals surface area contributed by atoms with Crippen molar-refractivity contribution in [3.8, 4) is 17.5 Å². The average molecular weight is 431 g/mol. The summed E-state index contributed by atoms with van der Waals surface area (Å²) < 4.78 is 1.87. The van der Waals surface area contributed by atoms with Crippen LogP contribution in [0.2, 0.25) is 0 Å². The number of anilines is 1. The number of aromatic nitrogens is 5. The summed E-state index contributed by atoms with van der Waals surface area (Å²) in [5.41, 5.74) is 3.64. The SMILES string of the molecule is Cc1cn2cc(-c3ncc4nc(N(C)[C@@H]5C[C@H]6CC[C@@H](C5)N6)sc4n3)cc(C#N)c2n1. The molecule has 0 radical (unpaired) electrons. The van der Waals surface area contributed by atoms with E-state index in [-0.39, 0.29) is 0 Å². The van der Waals surface area contributed by atoms with Crippen LogP contribution in [0.1, 0.15) is 36.9 Å². The van der Waals surface area contributed by atoms with Crippen LogP contribution in [0.25, 0.3) is 27.4 Å². The normalized spacial score (nSPS) is 22.8. The van der Waals surface area contributed by atoms with Gasteiger partial charge in [0.15, 0.2) is 16.6 Å². The van der Waals surface area contributed by atoms with Gasteiger partial charge < -0.3 is 14.6 Å². The van der Waals surface area contributed by atoms with E-state index in [0.717, 1.165) is 26.7 Å². The first kappa shape index (κ1) is 18.7. The van der Waals surface area contributed by atoms with Crippen LogP contribution in [0.3, 0.4) is 0 Å². The number of nitriles is 1. The fraction of sp³-hybridized carbons (Fsp3) is 0.409. The van der Waals surface area contributed by atoms with Crippen LogP contribution in [0.4, 0.5) is 5.13 Å². The number of piperidine rings is 1. The highest BCUT2D eigenvalue weighted by molar-refractivity contribution is 7.21. The van der Waals surface area contributed by atoms with Crippen molar-refractivity contribution in [2.24, 2.45) is 0 Å². The topological polar surface area (TPSA) is 95.0 Å². The second kappa shape index (κ2) is 6.97. The molecule has 9 heteroatoms. The Hall–Kier alpha value is -3.09. The second-order valence-corrected chi connectivity index (χ2v) is 9.58. The number of pyridine rings is 1. The van der Waals surface area contributed by atoms with Gasteiger partial charge in [-0.15, -0.1) is 0 Å². The van der Waals surface area contributed by atoms with Gasteiger partial charge >= 0.3 is 0 Å². The van der Waals surface area contributed by atoms with Gasteiger partial charge in [0.05, 0.1) is 17.5 Å². The molecular formula is C22H22N8S. The number of nitrogens with zero attached hydrogens (tertiary/aromatic N) is 7. The number of imidazole rings is 1. The summed E-state index contributed by atoms with van der Waals surface area (Å²) in [6.45, 7) is 1.92. The Morgan fingerprint density at radius 1 is 1.19 bits per heavy atom. The smallest absolute Gasteiger partial charge is 0.187 e. The summed E-state index contributed by atoms with van der Waals surface area (Å²) >= 11 is 1.61. The molecule has 6 heterocycles. The van der Waals surface area contributed by atoms with Crippen molar-refractivity contribution < 1.29 is 0 Å². The van der Waals surface area contributed by atoms with E-state index in [1.807, 2.05) is 29.8 Å². The summed E-state index contributed by atoms with van der Waals surface area (Å²) in [6.07, 6.45) is 10.5. The van der Waals surface area contributed by atoms with Crippen molar-refractivity contribution in [1.29, 1.82) is 5.26 Å². The molecular weight excluding hydrogens is 408 g/mol. The zero-order valence-electron chi connectivity index (χ0n) is 17.4. The lowest BCUT2D eigenvalue weighted by Gasteiger charge is -2.35. The lowest BCUT2D eigenvalue weighted by atomic mass is 9.99. The Labute approximate surface area is 183 Å². The Balaban J connectivity index is 1.35. The summed E-state index contributed by atoms with van der Waals surface area (Å²) in [5, 5.41) is 14.3. The number of nitrogens with one attached hydrogen (secondary N) is 1. The van der Waals surface area contributed by atoms with Crippen molar-refractivity contribution in [3.05, 3.63) is 35.9 Å². The molecule has 0 aliphatic carbocycles. The summed E-state index contributed by atoms with van der Waals surface area (Å²) in [7, 11) is 2.15. The van der Waals surface area contributed by atoms with Gasteiger partial charge in [0, 0.05) is 43.1 Å². The van der Waals surface area contributed by atoms with Gasteiger partial charge in [0.2, 0.25) is 0 Å². The number of aryl methyl sites for hydroxylation is 1. The molecule has 6 rings (SSSR count). The highest BCUT2D eigenvalue weighted by Crippen LogP contribution is 2.35. The Morgan fingerprint density at radius 3 is 2.77 bits per heavy atom. The van der Waals surface area contributed by atoms with E-state index in [2.05, 4.69) is 33.3 Å². The van der Waals surface area contributed by atoms with Gasteiger partial charge in [-0.1, -0.05) is 11.3 Å². The Kier molecular flexibility index (Phi) is 4.20. The molecule has 0 unspecified atom stereocenters. The fourth-order valence-corrected chi connectivity index (χ4v) is 5.88. The molecule has 2 saturated heterocycles. The molecule has 31 heavy (non-hydrogen) atoms. The summed E-state index contributed by atoms with van der Waals surface area (Å²) in [6, 6.07) is 5.84. The largest absolute Gasteiger partial charge is 0.348 e. The molecule has 0 amide bonds. The molecule has 8 nitrogen and oxygen atoms in total. The van der Waals surface area contributed by atoms with Gasteiger partial charge in [0.25, 0.3) is 0 Å². The van der Waals surface area contributed by atoms with Crippen LogP contribution < -0.4 is 10.2 Å². The molecule has 2 bridgehead atoms. The maximum Gasteiger partial charge on any atom is 0.187 e. The number of hydrogen-bond donors (Lipinski definition) is 1. The van der Waals surface area contributed by atoms with Crippen molar-refractivity contribution in [1.82, 2.24) is 29.7 Å². The van der Waals surface area contributed by atoms with Crippen molar-refractivity contribution in [3.63, 3.8) is 0 Å². The van der Waals surface area contributed by atoms with Gasteiger partial charge in [-0.2, -0.15) is 5.26 Å². The minimum atomic E-state index is 0.511. The minimum Gasteiger partial charge on any atom is -0.348 e. The molecule has 0 spiro atoms. The number of fused-ring (bicyclic) bond motifs is 4. The summed E-state index contributed by atoms with van der Waals surface area (Å²) in [5.74, 6) is 0.593. The predicted octanol–water partition coefficient (Wildman–Crippen LogP) is 3.30. The van der Waals surface area contributed by atoms with E-state index in [0.29, 0.717) is 35.2 Å². The third-order valence-corrected chi connectivity index (χ3v) is 7.54. The first-order chi connectivity index (χ1) is 15.1. The van der Waals surface area contributed by atoms with Crippen molar-refractivity contribution in [2.45, 2.75) is 50.7 Å². The van der Waals surface area contributed by atoms with Gasteiger partial charge in [0.1, 0.15) is 16.4 Å². The first-order valence-electron chi connectivity index (χ1n) is 10.6. The van der Waals surface area contributed by atoms with E-state index < -0.39 is 0 Å². The van der Waals surface area contributed by atoms with E-state index in [9.17, 15) is 5.26 Å². The quantitative estimate of drug-likeness (QED) is 0.533. The van der Waals surface area contributed by atoms with E-state index in [1.54, 1.807) is 17.5 Å². The maximum atomic E-state index is 9.56. The third kappa shape index (κ3) is 3.14. The van der Waals surface area contributed by atoms with E-state index >= 15 is 0 Å². The van der Waals surface area contributed by atoms with Gasteiger partial charge in [-0.25, -0.2) is 19.9 Å². The predicted molar refractivity (Wildman–Crippen MR) is 120 cm³/mol. The van der Waals surface area contributed by atoms with Crippen LogP contribution in [0.5, 0.6) is 0 Å². The maximum absolute atomic E-state index is 9.56. The average Bonchev–Trinajstić information content (AvgIpc) is 3.46. The number of rotatable bonds is 3. The van der Waals surface area contributed by atoms with Gasteiger partial charge in [-0.3, -0.25) is 0 Å². The molecule has 2 fully saturated rings. The highest BCUT2D eigenvalue weighted by Gasteiger charge is 2.35. The van der Waals surface area contributed by atoms with Crippen molar-refractivity contribution >= 4 is 32.5 Å². The Morgan fingerprint density at radius 2 is 2.00 bits per heavy atom. The highest BCUT2D eigenvalue weighted by atomic mass is 32.1. The zero-order chi connectivity index (χ0) is 21.1. The number of thiazole rings is 1. The second-order valence-electron chi connectivity index (χ2n) is 8.62. The lowest BCUT2D eigenvalue weighted by Crippen LogP contribution is -2.47. The molecule has 1 N–H and O–H groups in total. The lowest BCUT2D eigenvalue weighted by molar-refractivity contribution is 0.354. The molecule has 0 aromatic carbocycles. The third-order valence-electron chi connectivity index (χ3n) is 6.49. The number of hydrogen-bond acceptors (Lipinski definition) is 8.